The Morgan fingerprint density at radius 2 is 1.90 bits per heavy atom. The van der Waals surface area contributed by atoms with E-state index in [1.54, 1.807) is 6.20 Å². The third kappa shape index (κ3) is 3.10. The minimum Gasteiger partial charge on any atom is -0.397 e. The zero-order valence-electron chi connectivity index (χ0n) is 12.3. The molecule has 3 rings (SSSR count). The van der Waals surface area contributed by atoms with Crippen molar-refractivity contribution < 1.29 is 5.11 Å². The Morgan fingerprint density at radius 1 is 1.14 bits per heavy atom. The number of aromatic nitrogens is 1. The van der Waals surface area contributed by atoms with Crippen LogP contribution < -0.4 is 11.1 Å². The van der Waals surface area contributed by atoms with Crippen LogP contribution in [0.5, 0.6) is 0 Å². The van der Waals surface area contributed by atoms with E-state index in [9.17, 15) is 5.11 Å². The first kappa shape index (κ1) is 14.1. The minimum atomic E-state index is -0.591. The van der Waals surface area contributed by atoms with Gasteiger partial charge in [0.2, 0.25) is 0 Å². The highest BCUT2D eigenvalue weighted by molar-refractivity contribution is 5.97. The summed E-state index contributed by atoms with van der Waals surface area (Å²) in [6.45, 7) is 0.584. The summed E-state index contributed by atoms with van der Waals surface area (Å²) in [5.41, 5.74) is 7.87. The summed E-state index contributed by atoms with van der Waals surface area (Å²) in [6.07, 6.45) is 8.22. The van der Waals surface area contributed by atoms with E-state index in [1.807, 2.05) is 24.3 Å². The number of rotatable bonds is 3. The number of nitrogens with two attached hydrogens (primary N) is 1. The van der Waals surface area contributed by atoms with E-state index in [1.165, 1.54) is 12.8 Å². The molecule has 0 unspecified atom stereocenters. The number of fused-ring (bicyclic) bond motifs is 1. The third-order valence-corrected chi connectivity index (χ3v) is 4.44. The van der Waals surface area contributed by atoms with E-state index in [0.29, 0.717) is 12.2 Å². The smallest absolute Gasteiger partial charge is 0.0951 e. The summed E-state index contributed by atoms with van der Waals surface area (Å²) in [6, 6.07) is 7.75. The highest BCUT2D eigenvalue weighted by Gasteiger charge is 2.27. The van der Waals surface area contributed by atoms with Crippen LogP contribution in [0.2, 0.25) is 0 Å². The summed E-state index contributed by atoms with van der Waals surface area (Å²) < 4.78 is 0. The van der Waals surface area contributed by atoms with Gasteiger partial charge in [0.1, 0.15) is 0 Å². The van der Waals surface area contributed by atoms with E-state index >= 15 is 0 Å². The van der Waals surface area contributed by atoms with E-state index in [2.05, 4.69) is 10.3 Å². The van der Waals surface area contributed by atoms with Gasteiger partial charge in [0.15, 0.2) is 0 Å². The maximum Gasteiger partial charge on any atom is 0.0951 e. The van der Waals surface area contributed by atoms with Crippen molar-refractivity contribution in [3.8, 4) is 0 Å². The van der Waals surface area contributed by atoms with Crippen molar-refractivity contribution in [2.24, 2.45) is 0 Å². The van der Waals surface area contributed by atoms with Crippen LogP contribution in [0.1, 0.15) is 38.5 Å². The molecule has 0 amide bonds. The van der Waals surface area contributed by atoms with Crippen molar-refractivity contribution in [1.82, 2.24) is 4.98 Å². The van der Waals surface area contributed by atoms with Gasteiger partial charge in [-0.1, -0.05) is 37.8 Å². The molecule has 112 valence electrons. The van der Waals surface area contributed by atoms with Crippen LogP contribution in [0.15, 0.2) is 30.5 Å². The predicted octanol–water partition coefficient (Wildman–Crippen LogP) is 3.31. The Balaban J connectivity index is 1.80. The molecule has 0 aliphatic heterocycles. The lowest BCUT2D eigenvalue weighted by Gasteiger charge is -2.27. The number of nitrogen functional groups attached to an aromatic ring is 1. The molecule has 4 nitrogen and oxygen atoms in total. The van der Waals surface area contributed by atoms with Gasteiger partial charge in [-0.15, -0.1) is 0 Å². The van der Waals surface area contributed by atoms with Crippen LogP contribution in [-0.2, 0) is 0 Å². The number of nitrogens with one attached hydrogen (secondary N) is 1. The molecule has 0 spiro atoms. The summed E-state index contributed by atoms with van der Waals surface area (Å²) in [4.78, 5) is 4.34. The van der Waals surface area contributed by atoms with Crippen molar-refractivity contribution in [3.05, 3.63) is 30.5 Å². The molecule has 1 aromatic heterocycles. The Kier molecular flexibility index (Phi) is 3.97. The Morgan fingerprint density at radius 3 is 2.67 bits per heavy atom. The second-order valence-electron chi connectivity index (χ2n) is 6.09. The average molecular weight is 285 g/mol. The van der Waals surface area contributed by atoms with Crippen LogP contribution in [0, 0.1) is 0 Å². The van der Waals surface area contributed by atoms with Gasteiger partial charge in [-0.25, -0.2) is 0 Å². The Hall–Kier alpha value is -1.81. The quantitative estimate of drug-likeness (QED) is 0.597. The molecular formula is C17H23N3O. The zero-order valence-corrected chi connectivity index (χ0v) is 12.3. The van der Waals surface area contributed by atoms with Gasteiger partial charge in [0, 0.05) is 23.8 Å². The van der Waals surface area contributed by atoms with Crippen LogP contribution >= 0.6 is 0 Å². The Bertz CT molecular complexity index is 618. The summed E-state index contributed by atoms with van der Waals surface area (Å²) >= 11 is 0. The molecule has 2 aromatic rings. The highest BCUT2D eigenvalue weighted by Crippen LogP contribution is 2.29. The molecular weight excluding hydrogens is 262 g/mol. The number of benzene rings is 1. The average Bonchev–Trinajstić information content (AvgIpc) is 2.71. The number of hydrogen-bond donors (Lipinski definition) is 3. The number of anilines is 2. The van der Waals surface area contributed by atoms with Crippen LogP contribution in [0.25, 0.3) is 10.9 Å². The number of hydrogen-bond acceptors (Lipinski definition) is 4. The van der Waals surface area contributed by atoms with E-state index in [-0.39, 0.29) is 0 Å². The third-order valence-electron chi connectivity index (χ3n) is 4.44. The maximum atomic E-state index is 10.7. The predicted molar refractivity (Wildman–Crippen MR) is 87.3 cm³/mol. The zero-order chi connectivity index (χ0) is 14.7. The first-order valence-corrected chi connectivity index (χ1v) is 7.77. The molecule has 21 heavy (non-hydrogen) atoms. The molecule has 0 radical (unpaired) electrons. The Labute approximate surface area is 125 Å². The lowest BCUT2D eigenvalue weighted by molar-refractivity contribution is 0.0381. The van der Waals surface area contributed by atoms with Gasteiger partial charge >= 0.3 is 0 Å². The first-order valence-electron chi connectivity index (χ1n) is 7.77. The molecule has 4 N–H and O–H groups in total. The number of pyridine rings is 1. The van der Waals surface area contributed by atoms with Gasteiger partial charge < -0.3 is 16.2 Å². The van der Waals surface area contributed by atoms with E-state index in [0.717, 1.165) is 42.3 Å². The topological polar surface area (TPSA) is 71.2 Å². The van der Waals surface area contributed by atoms with Crippen molar-refractivity contribution >= 4 is 22.3 Å². The largest absolute Gasteiger partial charge is 0.397 e. The van der Waals surface area contributed by atoms with Crippen LogP contribution in [0.3, 0.4) is 0 Å². The van der Waals surface area contributed by atoms with Crippen LogP contribution in [-0.4, -0.2) is 22.2 Å². The fourth-order valence-corrected chi connectivity index (χ4v) is 3.18. The van der Waals surface area contributed by atoms with Crippen molar-refractivity contribution in [2.75, 3.05) is 17.6 Å². The van der Waals surface area contributed by atoms with Gasteiger partial charge in [-0.3, -0.25) is 4.98 Å². The monoisotopic (exact) mass is 285 g/mol. The van der Waals surface area contributed by atoms with Gasteiger partial charge in [-0.05, 0) is 25.0 Å². The molecule has 1 heterocycles. The number of aliphatic hydroxyl groups is 1. The molecule has 1 saturated carbocycles. The minimum absolute atomic E-state index is 0.584. The molecule has 0 atom stereocenters. The number of nitrogens with zero attached hydrogens (tertiary/aromatic N) is 1. The number of para-hydroxylation sites is 1. The summed E-state index contributed by atoms with van der Waals surface area (Å²) in [5, 5.41) is 15.2. The van der Waals surface area contributed by atoms with Gasteiger partial charge in [0.25, 0.3) is 0 Å². The second-order valence-corrected chi connectivity index (χ2v) is 6.09. The second kappa shape index (κ2) is 5.90. The van der Waals surface area contributed by atoms with Crippen molar-refractivity contribution in [1.29, 1.82) is 0 Å². The highest BCUT2D eigenvalue weighted by atomic mass is 16.3. The summed E-state index contributed by atoms with van der Waals surface area (Å²) in [5.74, 6) is 0. The summed E-state index contributed by atoms with van der Waals surface area (Å²) in [7, 11) is 0. The van der Waals surface area contributed by atoms with E-state index in [4.69, 9.17) is 5.73 Å². The molecule has 0 saturated heterocycles. The van der Waals surface area contributed by atoms with Crippen molar-refractivity contribution in [3.63, 3.8) is 0 Å². The van der Waals surface area contributed by atoms with Gasteiger partial charge in [0.05, 0.1) is 16.8 Å². The standard InChI is InChI=1S/C17H23N3O/c18-14-7-5-6-13-15(8-11-19-16(13)14)20-12-17(21)9-3-1-2-4-10-17/h5-8,11,21H,1-4,9-10,12,18H2,(H,19,20). The SMILES string of the molecule is Nc1cccc2c(NCC3(O)CCCCCC3)ccnc12. The fraction of sp³-hybridized carbons (Fsp3) is 0.471. The van der Waals surface area contributed by atoms with Crippen molar-refractivity contribution in [2.45, 2.75) is 44.1 Å². The molecule has 1 aliphatic carbocycles. The molecule has 1 fully saturated rings. The molecule has 0 bridgehead atoms. The molecule has 1 aromatic carbocycles. The normalized spacial score (nSPS) is 18.3. The first-order chi connectivity index (χ1) is 10.2. The van der Waals surface area contributed by atoms with Crippen LogP contribution in [0.4, 0.5) is 11.4 Å². The van der Waals surface area contributed by atoms with Gasteiger partial charge in [-0.2, -0.15) is 0 Å². The van der Waals surface area contributed by atoms with E-state index < -0.39 is 5.60 Å². The molecule has 1 aliphatic rings. The fourth-order valence-electron chi connectivity index (χ4n) is 3.18. The maximum absolute atomic E-state index is 10.7. The lowest BCUT2D eigenvalue weighted by atomic mass is 9.94. The molecule has 4 heteroatoms. The lowest BCUT2D eigenvalue weighted by Crippen LogP contribution is -2.36.